The predicted octanol–water partition coefficient (Wildman–Crippen LogP) is 3.92. The third-order valence-electron chi connectivity index (χ3n) is 5.51. The molecule has 2 amide bonds. The highest BCUT2D eigenvalue weighted by molar-refractivity contribution is 5.81. The SMILES string of the molecule is C[C@@H]1CC1C(=O)NCc1ccccc1.C[C@H]1CC1C(=O)NCc1ccccc1. The summed E-state index contributed by atoms with van der Waals surface area (Å²) in [6.07, 6.45) is 2.11. The molecule has 4 rings (SSSR count). The van der Waals surface area contributed by atoms with Crippen molar-refractivity contribution in [2.75, 3.05) is 0 Å². The van der Waals surface area contributed by atoms with E-state index in [1.165, 1.54) is 0 Å². The molecular weight excluding hydrogens is 348 g/mol. The minimum Gasteiger partial charge on any atom is -0.352 e. The summed E-state index contributed by atoms with van der Waals surface area (Å²) in [7, 11) is 0. The van der Waals surface area contributed by atoms with E-state index in [9.17, 15) is 9.59 Å². The molecule has 0 aliphatic heterocycles. The summed E-state index contributed by atoms with van der Waals surface area (Å²) in [6.45, 7) is 5.55. The highest BCUT2D eigenvalue weighted by Gasteiger charge is 2.39. The molecular formula is C24H30N2O2. The Morgan fingerprint density at radius 1 is 0.714 bits per heavy atom. The number of carbonyl (C=O) groups is 2. The summed E-state index contributed by atoms with van der Waals surface area (Å²) >= 11 is 0. The van der Waals surface area contributed by atoms with Gasteiger partial charge in [-0.1, -0.05) is 74.5 Å². The molecule has 0 aromatic heterocycles. The number of rotatable bonds is 6. The first-order chi connectivity index (χ1) is 13.5. The molecule has 2 aliphatic rings. The Morgan fingerprint density at radius 3 is 1.32 bits per heavy atom. The highest BCUT2D eigenvalue weighted by atomic mass is 16.2. The second kappa shape index (κ2) is 9.54. The molecule has 4 atom stereocenters. The van der Waals surface area contributed by atoms with E-state index in [2.05, 4.69) is 24.5 Å². The molecule has 2 N–H and O–H groups in total. The van der Waals surface area contributed by atoms with E-state index in [0.717, 1.165) is 24.0 Å². The molecule has 0 heterocycles. The molecule has 2 aromatic rings. The standard InChI is InChI=1S/2C12H15NO/c2*1-9-7-11(9)12(14)13-8-10-5-3-2-4-6-10/h2*2-6,9,11H,7-8H2,1H3,(H,13,14)/t2*9-,11?/m10/s1. The Labute approximate surface area is 167 Å². The van der Waals surface area contributed by atoms with Gasteiger partial charge in [0.1, 0.15) is 0 Å². The van der Waals surface area contributed by atoms with E-state index < -0.39 is 0 Å². The molecule has 0 saturated heterocycles. The van der Waals surface area contributed by atoms with Gasteiger partial charge in [0.05, 0.1) is 0 Å². The monoisotopic (exact) mass is 378 g/mol. The van der Waals surface area contributed by atoms with E-state index >= 15 is 0 Å². The van der Waals surface area contributed by atoms with Crippen molar-refractivity contribution in [2.24, 2.45) is 23.7 Å². The van der Waals surface area contributed by atoms with E-state index in [0.29, 0.717) is 24.9 Å². The molecule has 0 radical (unpaired) electrons. The molecule has 2 saturated carbocycles. The Kier molecular flexibility index (Phi) is 6.85. The van der Waals surface area contributed by atoms with Gasteiger partial charge in [-0.15, -0.1) is 0 Å². The van der Waals surface area contributed by atoms with Crippen LogP contribution in [-0.4, -0.2) is 11.8 Å². The van der Waals surface area contributed by atoms with Crippen LogP contribution in [0.2, 0.25) is 0 Å². The van der Waals surface area contributed by atoms with Crippen molar-refractivity contribution in [3.05, 3.63) is 71.8 Å². The van der Waals surface area contributed by atoms with E-state index in [4.69, 9.17) is 0 Å². The van der Waals surface area contributed by atoms with Gasteiger partial charge >= 0.3 is 0 Å². The van der Waals surface area contributed by atoms with Crippen LogP contribution in [0.4, 0.5) is 0 Å². The van der Waals surface area contributed by atoms with E-state index in [1.807, 2.05) is 60.7 Å². The van der Waals surface area contributed by atoms with Gasteiger partial charge in [-0.05, 0) is 35.8 Å². The first kappa shape index (κ1) is 20.1. The maximum absolute atomic E-state index is 11.5. The van der Waals surface area contributed by atoms with Crippen LogP contribution in [-0.2, 0) is 22.7 Å². The number of carbonyl (C=O) groups excluding carboxylic acids is 2. The average molecular weight is 379 g/mol. The van der Waals surface area contributed by atoms with Gasteiger partial charge in [0, 0.05) is 24.9 Å². The van der Waals surface area contributed by atoms with Gasteiger partial charge in [0.15, 0.2) is 0 Å². The molecule has 2 aromatic carbocycles. The third-order valence-corrected chi connectivity index (χ3v) is 5.51. The van der Waals surface area contributed by atoms with Crippen molar-refractivity contribution in [3.63, 3.8) is 0 Å². The maximum atomic E-state index is 11.5. The first-order valence-corrected chi connectivity index (χ1v) is 10.2. The normalized spacial score (nSPS) is 24.4. The minimum absolute atomic E-state index is 0.210. The van der Waals surface area contributed by atoms with Crippen molar-refractivity contribution in [1.82, 2.24) is 10.6 Å². The second-order valence-electron chi connectivity index (χ2n) is 8.05. The van der Waals surface area contributed by atoms with Gasteiger partial charge in [-0.25, -0.2) is 0 Å². The van der Waals surface area contributed by atoms with Crippen LogP contribution in [0.25, 0.3) is 0 Å². The van der Waals surface area contributed by atoms with Gasteiger partial charge < -0.3 is 10.6 Å². The number of hydrogen-bond donors (Lipinski definition) is 2. The lowest BCUT2D eigenvalue weighted by Crippen LogP contribution is -2.24. The van der Waals surface area contributed by atoms with Crippen molar-refractivity contribution < 1.29 is 9.59 Å². The number of nitrogens with one attached hydrogen (secondary N) is 2. The number of hydrogen-bond acceptors (Lipinski definition) is 2. The van der Waals surface area contributed by atoms with Crippen LogP contribution in [0.15, 0.2) is 60.7 Å². The van der Waals surface area contributed by atoms with Crippen molar-refractivity contribution in [3.8, 4) is 0 Å². The third kappa shape index (κ3) is 6.22. The molecule has 2 aliphatic carbocycles. The van der Waals surface area contributed by atoms with Crippen LogP contribution in [0.5, 0.6) is 0 Å². The Morgan fingerprint density at radius 2 is 1.04 bits per heavy atom. The molecule has 4 heteroatoms. The van der Waals surface area contributed by atoms with Crippen LogP contribution < -0.4 is 10.6 Å². The molecule has 28 heavy (non-hydrogen) atoms. The zero-order valence-electron chi connectivity index (χ0n) is 16.7. The van der Waals surface area contributed by atoms with Gasteiger partial charge in [-0.2, -0.15) is 0 Å². The minimum atomic E-state index is 0.210. The van der Waals surface area contributed by atoms with Gasteiger partial charge in [-0.3, -0.25) is 9.59 Å². The molecule has 2 unspecified atom stereocenters. The van der Waals surface area contributed by atoms with Gasteiger partial charge in [0.25, 0.3) is 0 Å². The molecule has 148 valence electrons. The largest absolute Gasteiger partial charge is 0.352 e. The fourth-order valence-electron chi connectivity index (χ4n) is 3.21. The summed E-state index contributed by atoms with van der Waals surface area (Å²) in [6, 6.07) is 20.0. The Bertz CT molecular complexity index is 708. The second-order valence-corrected chi connectivity index (χ2v) is 8.05. The molecule has 4 nitrogen and oxygen atoms in total. The van der Waals surface area contributed by atoms with Crippen molar-refractivity contribution >= 4 is 11.8 Å². The number of amides is 2. The van der Waals surface area contributed by atoms with Crippen LogP contribution in [0, 0.1) is 23.7 Å². The summed E-state index contributed by atoms with van der Waals surface area (Å²) in [5, 5.41) is 5.90. The average Bonchev–Trinajstić information content (AvgIpc) is 3.64. The highest BCUT2D eigenvalue weighted by Crippen LogP contribution is 2.38. The van der Waals surface area contributed by atoms with Crippen molar-refractivity contribution in [1.29, 1.82) is 0 Å². The lowest BCUT2D eigenvalue weighted by molar-refractivity contribution is -0.123. The van der Waals surface area contributed by atoms with Crippen LogP contribution in [0.1, 0.15) is 37.8 Å². The molecule has 0 spiro atoms. The summed E-state index contributed by atoms with van der Waals surface area (Å²) in [5.74, 6) is 2.15. The maximum Gasteiger partial charge on any atom is 0.223 e. The Hall–Kier alpha value is -2.62. The quantitative estimate of drug-likeness (QED) is 0.800. The summed E-state index contributed by atoms with van der Waals surface area (Å²) in [4.78, 5) is 23.0. The topological polar surface area (TPSA) is 58.2 Å². The fraction of sp³-hybridized carbons (Fsp3) is 0.417. The van der Waals surface area contributed by atoms with E-state index in [1.54, 1.807) is 0 Å². The lowest BCUT2D eigenvalue weighted by Gasteiger charge is -2.03. The predicted molar refractivity (Wildman–Crippen MR) is 111 cm³/mol. The first-order valence-electron chi connectivity index (χ1n) is 10.2. The summed E-state index contributed by atoms with van der Waals surface area (Å²) < 4.78 is 0. The smallest absolute Gasteiger partial charge is 0.223 e. The van der Waals surface area contributed by atoms with Gasteiger partial charge in [0.2, 0.25) is 11.8 Å². The van der Waals surface area contributed by atoms with E-state index in [-0.39, 0.29) is 23.7 Å². The number of benzene rings is 2. The van der Waals surface area contributed by atoms with Crippen LogP contribution >= 0.6 is 0 Å². The summed E-state index contributed by atoms with van der Waals surface area (Å²) in [5.41, 5.74) is 2.32. The van der Waals surface area contributed by atoms with Crippen LogP contribution in [0.3, 0.4) is 0 Å². The fourth-order valence-corrected chi connectivity index (χ4v) is 3.21. The lowest BCUT2D eigenvalue weighted by atomic mass is 10.2. The molecule has 0 bridgehead atoms. The zero-order chi connectivity index (χ0) is 19.9. The molecule has 2 fully saturated rings. The Balaban J connectivity index is 0.000000161. The zero-order valence-corrected chi connectivity index (χ0v) is 16.7. The van der Waals surface area contributed by atoms with Crippen molar-refractivity contribution in [2.45, 2.75) is 39.8 Å².